The van der Waals surface area contributed by atoms with E-state index in [-0.39, 0.29) is 18.3 Å². The first-order valence-electron chi connectivity index (χ1n) is 3.39. The predicted molar refractivity (Wildman–Crippen MR) is 31.4 cm³/mol. The van der Waals surface area contributed by atoms with Crippen molar-refractivity contribution in [3.8, 4) is 0 Å². The Morgan fingerprint density at radius 3 is 2.75 bits per heavy atom. The average molecular weight is 114 g/mol. The van der Waals surface area contributed by atoms with E-state index in [1.807, 2.05) is 6.92 Å². The van der Waals surface area contributed by atoms with Gasteiger partial charge in [-0.2, -0.15) is 0 Å². The van der Waals surface area contributed by atoms with Gasteiger partial charge in [0.05, 0.1) is 0 Å². The van der Waals surface area contributed by atoms with Crippen molar-refractivity contribution in [3.63, 3.8) is 0 Å². The van der Waals surface area contributed by atoms with Crippen LogP contribution in [0, 0.1) is 5.92 Å². The lowest BCUT2D eigenvalue weighted by Crippen LogP contribution is -2.21. The fourth-order valence-electron chi connectivity index (χ4n) is 0.855. The number of nitrogens with zero attached hydrogens (tertiary/aromatic N) is 1. The lowest BCUT2D eigenvalue weighted by Gasteiger charge is -2.05. The second-order valence-electron chi connectivity index (χ2n) is 2.27. The molecule has 0 saturated carbocycles. The van der Waals surface area contributed by atoms with Crippen LogP contribution in [0.2, 0.25) is 0 Å². The molecule has 2 heteroatoms. The maximum absolute atomic E-state index is 10.9. The van der Waals surface area contributed by atoms with Crippen molar-refractivity contribution in [2.75, 3.05) is 13.6 Å². The summed E-state index contributed by atoms with van der Waals surface area (Å²) in [5, 5.41) is 0. The summed E-state index contributed by atoms with van der Waals surface area (Å²) in [6.45, 7) is 1.57. The van der Waals surface area contributed by atoms with Crippen LogP contribution in [-0.2, 0) is 4.79 Å². The van der Waals surface area contributed by atoms with Crippen molar-refractivity contribution < 1.29 is 6.17 Å². The molecule has 8 heavy (non-hydrogen) atoms. The smallest absolute Gasteiger partial charge is 0.225 e. The molecule has 1 aliphatic rings. The maximum Gasteiger partial charge on any atom is 0.225 e. The fourth-order valence-corrected chi connectivity index (χ4v) is 0.855. The zero-order chi connectivity index (χ0) is 7.02. The highest BCUT2D eigenvalue weighted by Gasteiger charge is 2.23. The highest BCUT2D eigenvalue weighted by molar-refractivity contribution is 5.80. The molecule has 46 valence electrons. The molecule has 1 fully saturated rings. The second kappa shape index (κ2) is 1.77. The molecular weight excluding hydrogens is 102 g/mol. The first kappa shape index (κ1) is 4.36. The van der Waals surface area contributed by atoms with Crippen molar-refractivity contribution in [1.29, 1.82) is 0 Å². The summed E-state index contributed by atoms with van der Waals surface area (Å²) in [7, 11) is 1.68. The molecule has 0 bridgehead atoms. The third-order valence-electron chi connectivity index (χ3n) is 1.50. The monoisotopic (exact) mass is 114 g/mol. The van der Waals surface area contributed by atoms with Crippen LogP contribution >= 0.6 is 0 Å². The Kier molecular flexibility index (Phi) is 0.962. The number of carbonyl (C=O) groups is 1. The Bertz CT molecular complexity index is 137. The summed E-state index contributed by atoms with van der Waals surface area (Å²) in [5.74, 6) is 0.174. The summed E-state index contributed by atoms with van der Waals surface area (Å²) < 4.78 is 7.30. The molecule has 2 atom stereocenters. The molecule has 0 spiro atoms. The van der Waals surface area contributed by atoms with Crippen LogP contribution in [-0.4, -0.2) is 24.4 Å². The summed E-state index contributed by atoms with van der Waals surface area (Å²) in [4.78, 5) is 12.4. The number of amides is 1. The summed E-state index contributed by atoms with van der Waals surface area (Å²) in [6.07, 6.45) is 0.690. The normalized spacial score (nSPS) is 40.5. The van der Waals surface area contributed by atoms with Gasteiger partial charge >= 0.3 is 0 Å². The molecule has 1 aliphatic heterocycles. The Morgan fingerprint density at radius 2 is 2.62 bits per heavy atom. The molecule has 1 amide bonds. The summed E-state index contributed by atoms with van der Waals surface area (Å²) >= 11 is 0. The van der Waals surface area contributed by atoms with Gasteiger partial charge in [0.15, 0.2) is 0 Å². The molecule has 0 aromatic rings. The maximum atomic E-state index is 10.9. The number of carbonyl (C=O) groups excluding carboxylic acids is 1. The van der Waals surface area contributed by atoms with E-state index in [4.69, 9.17) is 1.37 Å². The van der Waals surface area contributed by atoms with Gasteiger partial charge in [0, 0.05) is 20.9 Å². The van der Waals surface area contributed by atoms with Gasteiger partial charge in [-0.3, -0.25) is 4.79 Å². The largest absolute Gasteiger partial charge is 0.346 e. The van der Waals surface area contributed by atoms with Gasteiger partial charge in [-0.05, 0) is 6.42 Å². The molecular formula is C6H11NO. The molecule has 1 saturated heterocycles. The number of hydrogen-bond acceptors (Lipinski definition) is 1. The quantitative estimate of drug-likeness (QED) is 0.448. The summed E-state index contributed by atoms with van der Waals surface area (Å²) in [5.41, 5.74) is 0. The van der Waals surface area contributed by atoms with Crippen LogP contribution < -0.4 is 0 Å². The molecule has 1 heterocycles. The number of likely N-dealkylation sites (tertiary alicyclic amines) is 1. The molecule has 2 unspecified atom stereocenters. The van der Waals surface area contributed by atoms with E-state index < -0.39 is 0 Å². The molecule has 0 aliphatic carbocycles. The lowest BCUT2D eigenvalue weighted by atomic mass is 10.1. The van der Waals surface area contributed by atoms with E-state index in [1.54, 1.807) is 7.05 Å². The lowest BCUT2D eigenvalue weighted by molar-refractivity contribution is -0.129. The number of rotatable bonds is 0. The highest BCUT2D eigenvalue weighted by atomic mass is 16.2. The molecule has 1 rings (SSSR count). The van der Waals surface area contributed by atoms with E-state index in [2.05, 4.69) is 0 Å². The van der Waals surface area contributed by atoms with E-state index >= 15 is 0 Å². The minimum Gasteiger partial charge on any atom is -0.346 e. The third-order valence-corrected chi connectivity index (χ3v) is 1.50. The van der Waals surface area contributed by atoms with Gasteiger partial charge in [0.1, 0.15) is 0 Å². The first-order valence-corrected chi connectivity index (χ1v) is 2.82. The van der Waals surface area contributed by atoms with Gasteiger partial charge in [-0.15, -0.1) is 0 Å². The number of hydrogen-bond donors (Lipinski definition) is 0. The molecule has 0 N–H and O–H groups in total. The fraction of sp³-hybridized carbons (Fsp3) is 0.833. The van der Waals surface area contributed by atoms with Gasteiger partial charge in [-0.25, -0.2) is 0 Å². The average Bonchev–Trinajstić information content (AvgIpc) is 1.98. The summed E-state index contributed by atoms with van der Waals surface area (Å²) in [6, 6.07) is 0. The van der Waals surface area contributed by atoms with Crippen molar-refractivity contribution in [1.82, 2.24) is 4.90 Å². The Balaban J connectivity index is 2.65. The van der Waals surface area contributed by atoms with Gasteiger partial charge < -0.3 is 4.90 Å². The van der Waals surface area contributed by atoms with E-state index in [0.717, 1.165) is 0 Å². The zero-order valence-electron chi connectivity index (χ0n) is 6.22. The van der Waals surface area contributed by atoms with E-state index in [0.29, 0.717) is 6.42 Å². The highest BCUT2D eigenvalue weighted by Crippen LogP contribution is 2.13. The van der Waals surface area contributed by atoms with Crippen molar-refractivity contribution in [2.24, 2.45) is 5.92 Å². The minimum absolute atomic E-state index is 0.0671. The van der Waals surface area contributed by atoms with Crippen LogP contribution in [0.25, 0.3) is 0 Å². The molecule has 0 aromatic carbocycles. The van der Waals surface area contributed by atoms with Crippen molar-refractivity contribution >= 4 is 5.91 Å². The van der Waals surface area contributed by atoms with Crippen LogP contribution in [0.1, 0.15) is 14.7 Å². The predicted octanol–water partition coefficient (Wildman–Crippen LogP) is 0.485. The Labute approximate surface area is 50.9 Å². The third kappa shape index (κ3) is 0.703. The molecule has 0 radical (unpaired) electrons. The van der Waals surface area contributed by atoms with Crippen molar-refractivity contribution in [2.45, 2.75) is 13.3 Å². The second-order valence-corrected chi connectivity index (χ2v) is 2.27. The SMILES string of the molecule is [2H]C1CC(C)C(=O)N1C. The Morgan fingerprint density at radius 1 is 2.00 bits per heavy atom. The topological polar surface area (TPSA) is 20.3 Å². The van der Waals surface area contributed by atoms with Crippen LogP contribution in [0.5, 0.6) is 0 Å². The standard InChI is InChI=1S/C6H11NO/c1-5-3-4-7(2)6(5)8/h5H,3-4H2,1-2H3/i4D. The van der Waals surface area contributed by atoms with Crippen molar-refractivity contribution in [3.05, 3.63) is 0 Å². The van der Waals surface area contributed by atoms with Crippen LogP contribution in [0.3, 0.4) is 0 Å². The first-order chi connectivity index (χ1) is 4.13. The molecule has 0 aromatic heterocycles. The van der Waals surface area contributed by atoms with E-state index in [9.17, 15) is 4.79 Å². The Hall–Kier alpha value is -0.530. The van der Waals surface area contributed by atoms with Gasteiger partial charge in [-0.1, -0.05) is 6.92 Å². The zero-order valence-corrected chi connectivity index (χ0v) is 5.22. The van der Waals surface area contributed by atoms with Gasteiger partial charge in [0.25, 0.3) is 0 Å². The van der Waals surface area contributed by atoms with E-state index in [1.165, 1.54) is 4.90 Å². The van der Waals surface area contributed by atoms with Crippen LogP contribution in [0.4, 0.5) is 0 Å². The molecule has 2 nitrogen and oxygen atoms in total. The van der Waals surface area contributed by atoms with Gasteiger partial charge in [0.2, 0.25) is 5.91 Å². The minimum atomic E-state index is -0.299. The van der Waals surface area contributed by atoms with Crippen LogP contribution in [0.15, 0.2) is 0 Å².